The van der Waals surface area contributed by atoms with E-state index in [0.717, 1.165) is 16.6 Å². The summed E-state index contributed by atoms with van der Waals surface area (Å²) in [6.45, 7) is 2.36. The highest BCUT2D eigenvalue weighted by molar-refractivity contribution is 6.18. The molecule has 1 aromatic carbocycles. The smallest absolute Gasteiger partial charge is 0.252 e. The van der Waals surface area contributed by atoms with Crippen LogP contribution in [0.25, 0.3) is 10.9 Å². The molecule has 1 N–H and O–H groups in total. The van der Waals surface area contributed by atoms with Crippen molar-refractivity contribution in [1.29, 1.82) is 0 Å². The molecule has 0 unspecified atom stereocenters. The molecule has 1 amide bonds. The lowest BCUT2D eigenvalue weighted by molar-refractivity contribution is 0.0959. The minimum Gasteiger partial charge on any atom is -0.349 e. The fourth-order valence-electron chi connectivity index (χ4n) is 1.89. The molecule has 0 saturated heterocycles. The molecule has 0 radical (unpaired) electrons. The first-order valence-electron chi connectivity index (χ1n) is 6.08. The molecule has 0 aliphatic heterocycles. The van der Waals surface area contributed by atoms with Gasteiger partial charge < -0.3 is 5.32 Å². The Hall–Kier alpha value is -1.87. The number of alkyl halides is 1. The number of aryl methyl sites for hydroxylation is 1. The predicted octanol–water partition coefficient (Wildman–Crippen LogP) is 3.07. The number of para-hydroxylation sites is 1. The zero-order chi connectivity index (χ0) is 13.7. The molecule has 0 aliphatic rings. The van der Waals surface area contributed by atoms with E-state index in [4.69, 9.17) is 11.6 Å². The summed E-state index contributed by atoms with van der Waals surface area (Å²) >= 11 is 5.52. The largest absolute Gasteiger partial charge is 0.349 e. The summed E-state index contributed by atoms with van der Waals surface area (Å²) < 4.78 is 0. The summed E-state index contributed by atoms with van der Waals surface area (Å²) in [5, 5.41) is 3.71. The second-order valence-electron chi connectivity index (χ2n) is 4.16. The first-order valence-corrected chi connectivity index (χ1v) is 6.61. The summed E-state index contributed by atoms with van der Waals surface area (Å²) in [6, 6.07) is 9.45. The van der Waals surface area contributed by atoms with Crippen molar-refractivity contribution in [3.8, 4) is 0 Å². The molecule has 0 spiro atoms. The Morgan fingerprint density at radius 3 is 2.95 bits per heavy atom. The molecule has 4 heteroatoms. The molecule has 2 aromatic rings. The number of hydrogen-bond donors (Lipinski definition) is 1. The SMILES string of the molecule is Cc1cc(C(=O)NC/C=C/CCl)c2ccccc2n1. The van der Waals surface area contributed by atoms with E-state index in [0.29, 0.717) is 18.0 Å². The lowest BCUT2D eigenvalue weighted by atomic mass is 10.1. The van der Waals surface area contributed by atoms with Crippen molar-refractivity contribution < 1.29 is 4.79 Å². The van der Waals surface area contributed by atoms with E-state index in [-0.39, 0.29) is 5.91 Å². The number of nitrogens with zero attached hydrogens (tertiary/aromatic N) is 1. The second kappa shape index (κ2) is 6.34. The first-order chi connectivity index (χ1) is 9.22. The highest BCUT2D eigenvalue weighted by Gasteiger charge is 2.10. The normalized spacial score (nSPS) is 11.1. The quantitative estimate of drug-likeness (QED) is 0.688. The van der Waals surface area contributed by atoms with Gasteiger partial charge in [-0.15, -0.1) is 11.6 Å². The molecule has 1 heterocycles. The van der Waals surface area contributed by atoms with Crippen LogP contribution in [0.15, 0.2) is 42.5 Å². The van der Waals surface area contributed by atoms with Crippen molar-refractivity contribution in [2.24, 2.45) is 0 Å². The van der Waals surface area contributed by atoms with Gasteiger partial charge in [0.2, 0.25) is 0 Å². The first kappa shape index (κ1) is 13.6. The van der Waals surface area contributed by atoms with Gasteiger partial charge in [0.25, 0.3) is 5.91 Å². The number of rotatable bonds is 4. The molecular weight excluding hydrogens is 260 g/mol. The number of carbonyl (C=O) groups is 1. The summed E-state index contributed by atoms with van der Waals surface area (Å²) in [4.78, 5) is 16.6. The molecule has 1 aromatic heterocycles. The van der Waals surface area contributed by atoms with Crippen LogP contribution in [0.5, 0.6) is 0 Å². The molecule has 3 nitrogen and oxygen atoms in total. The van der Waals surface area contributed by atoms with Gasteiger partial charge in [-0.3, -0.25) is 9.78 Å². The number of nitrogens with one attached hydrogen (secondary N) is 1. The topological polar surface area (TPSA) is 42.0 Å². The summed E-state index contributed by atoms with van der Waals surface area (Å²) in [7, 11) is 0. The van der Waals surface area contributed by atoms with Gasteiger partial charge in [0.05, 0.1) is 11.1 Å². The monoisotopic (exact) mass is 274 g/mol. The fourth-order valence-corrected chi connectivity index (χ4v) is 2.01. The zero-order valence-corrected chi connectivity index (χ0v) is 11.4. The number of hydrogen-bond acceptors (Lipinski definition) is 2. The number of benzene rings is 1. The van der Waals surface area contributed by atoms with E-state index < -0.39 is 0 Å². The molecule has 0 atom stereocenters. The number of pyridine rings is 1. The van der Waals surface area contributed by atoms with E-state index >= 15 is 0 Å². The Morgan fingerprint density at radius 1 is 1.37 bits per heavy atom. The lowest BCUT2D eigenvalue weighted by Gasteiger charge is -2.07. The number of fused-ring (bicyclic) bond motifs is 1. The van der Waals surface area contributed by atoms with Crippen LogP contribution >= 0.6 is 11.6 Å². The van der Waals surface area contributed by atoms with Crippen molar-refractivity contribution in [3.05, 3.63) is 53.7 Å². The summed E-state index contributed by atoms with van der Waals surface area (Å²) in [6.07, 6.45) is 3.64. The van der Waals surface area contributed by atoms with E-state index in [1.54, 1.807) is 6.08 Å². The van der Waals surface area contributed by atoms with Crippen LogP contribution in [0, 0.1) is 6.92 Å². The van der Waals surface area contributed by atoms with Crippen LogP contribution in [-0.4, -0.2) is 23.3 Å². The van der Waals surface area contributed by atoms with E-state index in [2.05, 4.69) is 10.3 Å². The van der Waals surface area contributed by atoms with Gasteiger partial charge in [-0.1, -0.05) is 30.4 Å². The Bertz CT molecular complexity index is 623. The second-order valence-corrected chi connectivity index (χ2v) is 4.47. The Kier molecular flexibility index (Phi) is 4.53. The fraction of sp³-hybridized carbons (Fsp3) is 0.200. The van der Waals surface area contributed by atoms with Crippen LogP contribution in [0.1, 0.15) is 16.1 Å². The Labute approximate surface area is 117 Å². The molecule has 0 aliphatic carbocycles. The molecule has 0 saturated carbocycles. The van der Waals surface area contributed by atoms with Gasteiger partial charge in [0, 0.05) is 23.5 Å². The Morgan fingerprint density at radius 2 is 2.16 bits per heavy atom. The van der Waals surface area contributed by atoms with Crippen LogP contribution in [-0.2, 0) is 0 Å². The molecule has 19 heavy (non-hydrogen) atoms. The average Bonchev–Trinajstić information content (AvgIpc) is 2.42. The van der Waals surface area contributed by atoms with Crippen molar-refractivity contribution in [1.82, 2.24) is 10.3 Å². The number of allylic oxidation sites excluding steroid dienone is 1. The van der Waals surface area contributed by atoms with E-state index in [1.807, 2.05) is 43.3 Å². The van der Waals surface area contributed by atoms with Gasteiger partial charge in [0.15, 0.2) is 0 Å². The number of aromatic nitrogens is 1. The summed E-state index contributed by atoms with van der Waals surface area (Å²) in [5.41, 5.74) is 2.33. The third-order valence-corrected chi connectivity index (χ3v) is 2.90. The third kappa shape index (κ3) is 3.32. The molecule has 0 bridgehead atoms. The number of carbonyl (C=O) groups excluding carboxylic acids is 1. The van der Waals surface area contributed by atoms with Crippen molar-refractivity contribution in [2.75, 3.05) is 12.4 Å². The maximum Gasteiger partial charge on any atom is 0.252 e. The molecular formula is C15H15ClN2O. The van der Waals surface area contributed by atoms with Gasteiger partial charge >= 0.3 is 0 Å². The van der Waals surface area contributed by atoms with Crippen LogP contribution < -0.4 is 5.32 Å². The maximum absolute atomic E-state index is 12.2. The standard InChI is InChI=1S/C15H15ClN2O/c1-11-10-13(15(19)17-9-5-4-8-16)12-6-2-3-7-14(12)18-11/h2-7,10H,8-9H2,1H3,(H,17,19)/b5-4+. The van der Waals surface area contributed by atoms with Gasteiger partial charge in [0.1, 0.15) is 0 Å². The van der Waals surface area contributed by atoms with Crippen molar-refractivity contribution in [3.63, 3.8) is 0 Å². The highest BCUT2D eigenvalue weighted by atomic mass is 35.5. The molecule has 98 valence electrons. The van der Waals surface area contributed by atoms with Crippen LogP contribution in [0.2, 0.25) is 0 Å². The predicted molar refractivity (Wildman–Crippen MR) is 78.7 cm³/mol. The van der Waals surface area contributed by atoms with Crippen molar-refractivity contribution in [2.45, 2.75) is 6.92 Å². The average molecular weight is 275 g/mol. The minimum atomic E-state index is -0.0964. The maximum atomic E-state index is 12.2. The third-order valence-electron chi connectivity index (χ3n) is 2.73. The highest BCUT2D eigenvalue weighted by Crippen LogP contribution is 2.17. The van der Waals surface area contributed by atoms with Gasteiger partial charge in [-0.25, -0.2) is 0 Å². The van der Waals surface area contributed by atoms with Gasteiger partial charge in [-0.05, 0) is 19.1 Å². The summed E-state index contributed by atoms with van der Waals surface area (Å²) in [5.74, 6) is 0.355. The van der Waals surface area contributed by atoms with E-state index in [9.17, 15) is 4.79 Å². The van der Waals surface area contributed by atoms with Crippen LogP contribution in [0.3, 0.4) is 0 Å². The Balaban J connectivity index is 2.28. The van der Waals surface area contributed by atoms with Gasteiger partial charge in [-0.2, -0.15) is 0 Å². The van der Waals surface area contributed by atoms with Crippen molar-refractivity contribution >= 4 is 28.4 Å². The number of halogens is 1. The molecule has 2 rings (SSSR count). The molecule has 0 fully saturated rings. The van der Waals surface area contributed by atoms with E-state index in [1.165, 1.54) is 0 Å². The van der Waals surface area contributed by atoms with Crippen LogP contribution in [0.4, 0.5) is 0 Å². The lowest BCUT2D eigenvalue weighted by Crippen LogP contribution is -2.23. The number of amides is 1. The minimum absolute atomic E-state index is 0.0964. The zero-order valence-electron chi connectivity index (χ0n) is 10.7.